The minimum atomic E-state index is -0.360. The van der Waals surface area contributed by atoms with E-state index in [0.29, 0.717) is 41.7 Å². The topological polar surface area (TPSA) is 111 Å². The first kappa shape index (κ1) is 25.4. The van der Waals surface area contributed by atoms with Crippen molar-refractivity contribution in [2.75, 3.05) is 54.9 Å². The summed E-state index contributed by atoms with van der Waals surface area (Å²) >= 11 is 0. The number of benzene rings is 2. The summed E-state index contributed by atoms with van der Waals surface area (Å²) in [5.41, 5.74) is 3.86. The number of hydrogen-bond acceptors (Lipinski definition) is 6. The predicted molar refractivity (Wildman–Crippen MR) is 148 cm³/mol. The Morgan fingerprint density at radius 1 is 0.868 bits per heavy atom. The number of pyridine rings is 1. The minimum Gasteiger partial charge on any atom is -0.378 e. The smallest absolute Gasteiger partial charge is 0.259 e. The number of carbonyl (C=O) groups excluding carboxylic acids is 2. The lowest BCUT2D eigenvalue weighted by atomic mass is 10.1. The van der Waals surface area contributed by atoms with E-state index >= 15 is 0 Å². The minimum absolute atomic E-state index is 0.328. The van der Waals surface area contributed by atoms with E-state index in [-0.39, 0.29) is 11.8 Å². The van der Waals surface area contributed by atoms with Gasteiger partial charge in [-0.2, -0.15) is 0 Å². The van der Waals surface area contributed by atoms with Crippen molar-refractivity contribution in [3.05, 3.63) is 83.0 Å². The molecular formula is C29H32N6O3. The number of carbonyl (C=O) groups is 2. The third-order valence-corrected chi connectivity index (χ3v) is 6.87. The number of rotatable bonds is 6. The van der Waals surface area contributed by atoms with Crippen LogP contribution in [-0.2, 0) is 4.74 Å². The molecule has 196 valence electrons. The number of morpholine rings is 1. The summed E-state index contributed by atoms with van der Waals surface area (Å²) in [5.74, 6) is 0.231. The van der Waals surface area contributed by atoms with Gasteiger partial charge in [0.05, 0.1) is 24.5 Å². The van der Waals surface area contributed by atoms with Crippen LogP contribution in [0.15, 0.2) is 60.8 Å². The summed E-state index contributed by atoms with van der Waals surface area (Å²) in [4.78, 5) is 35.0. The van der Waals surface area contributed by atoms with Gasteiger partial charge in [0.1, 0.15) is 11.7 Å². The number of aryl methyl sites for hydroxylation is 1. The van der Waals surface area contributed by atoms with Gasteiger partial charge in [0.2, 0.25) is 0 Å². The van der Waals surface area contributed by atoms with E-state index in [1.165, 1.54) is 0 Å². The van der Waals surface area contributed by atoms with Gasteiger partial charge in [-0.15, -0.1) is 0 Å². The van der Waals surface area contributed by atoms with Crippen molar-refractivity contribution < 1.29 is 14.3 Å². The Kier molecular flexibility index (Phi) is 7.65. The number of aromatic nitrogens is 1. The molecule has 3 heterocycles. The lowest BCUT2D eigenvalue weighted by Crippen LogP contribution is -2.36. The first-order valence-electron chi connectivity index (χ1n) is 12.9. The van der Waals surface area contributed by atoms with Gasteiger partial charge in [0.25, 0.3) is 11.8 Å². The van der Waals surface area contributed by atoms with Crippen LogP contribution in [0.5, 0.6) is 0 Å². The van der Waals surface area contributed by atoms with Crippen LogP contribution >= 0.6 is 0 Å². The molecule has 0 atom stereocenters. The Morgan fingerprint density at radius 3 is 2.26 bits per heavy atom. The van der Waals surface area contributed by atoms with Gasteiger partial charge in [-0.1, -0.05) is 18.2 Å². The highest BCUT2D eigenvalue weighted by atomic mass is 16.5. The molecule has 9 nitrogen and oxygen atoms in total. The van der Waals surface area contributed by atoms with Gasteiger partial charge in [0.15, 0.2) is 0 Å². The quantitative estimate of drug-likeness (QED) is 0.338. The number of nitrogens with one attached hydrogen (secondary N) is 3. The molecule has 3 aromatic rings. The maximum absolute atomic E-state index is 13.3. The van der Waals surface area contributed by atoms with Crippen LogP contribution in [0.3, 0.4) is 0 Å². The SMILES string of the molecule is Cc1ccc(NC(=O)c2cc(N3CCOCC3)ccc2NC(=O)c2ccc(C(=N)N3CCCC3)cc2)nc1. The maximum Gasteiger partial charge on any atom is 0.259 e. The second-order valence-electron chi connectivity index (χ2n) is 9.58. The molecule has 0 unspecified atom stereocenters. The van der Waals surface area contributed by atoms with E-state index in [0.717, 1.165) is 55.8 Å². The fourth-order valence-corrected chi connectivity index (χ4v) is 4.67. The van der Waals surface area contributed by atoms with Crippen LogP contribution in [0.4, 0.5) is 17.2 Å². The third kappa shape index (κ3) is 5.84. The van der Waals surface area contributed by atoms with Crippen LogP contribution in [-0.4, -0.2) is 66.9 Å². The van der Waals surface area contributed by atoms with E-state index in [2.05, 4.69) is 25.4 Å². The molecule has 3 N–H and O–H groups in total. The first-order chi connectivity index (χ1) is 18.5. The van der Waals surface area contributed by atoms with Gasteiger partial charge in [-0.3, -0.25) is 15.0 Å². The molecule has 0 spiro atoms. The van der Waals surface area contributed by atoms with Gasteiger partial charge in [0, 0.05) is 49.2 Å². The number of ether oxygens (including phenoxy) is 1. The van der Waals surface area contributed by atoms with E-state index in [4.69, 9.17) is 10.1 Å². The normalized spacial score (nSPS) is 15.3. The van der Waals surface area contributed by atoms with E-state index in [9.17, 15) is 9.59 Å². The molecule has 5 rings (SSSR count). The summed E-state index contributed by atoms with van der Waals surface area (Å²) < 4.78 is 5.46. The molecule has 2 amide bonds. The zero-order valence-electron chi connectivity index (χ0n) is 21.5. The predicted octanol–water partition coefficient (Wildman–Crippen LogP) is 4.15. The Labute approximate surface area is 222 Å². The van der Waals surface area contributed by atoms with Crippen molar-refractivity contribution in [2.24, 2.45) is 0 Å². The summed E-state index contributed by atoms with van der Waals surface area (Å²) in [6.07, 6.45) is 3.89. The van der Waals surface area contributed by atoms with Crippen molar-refractivity contribution >= 4 is 34.8 Å². The van der Waals surface area contributed by atoms with Crippen molar-refractivity contribution in [3.8, 4) is 0 Å². The summed E-state index contributed by atoms with van der Waals surface area (Å²) in [6, 6.07) is 16.1. The third-order valence-electron chi connectivity index (χ3n) is 6.87. The second kappa shape index (κ2) is 11.4. The van der Waals surface area contributed by atoms with E-state index in [1.807, 2.05) is 19.1 Å². The first-order valence-corrected chi connectivity index (χ1v) is 12.9. The van der Waals surface area contributed by atoms with Crippen LogP contribution in [0.1, 0.15) is 44.7 Å². The second-order valence-corrected chi connectivity index (χ2v) is 9.58. The Morgan fingerprint density at radius 2 is 1.58 bits per heavy atom. The Bertz CT molecular complexity index is 1310. The number of amidine groups is 1. The van der Waals surface area contributed by atoms with Gasteiger partial charge >= 0.3 is 0 Å². The van der Waals surface area contributed by atoms with Crippen LogP contribution < -0.4 is 15.5 Å². The highest BCUT2D eigenvalue weighted by molar-refractivity contribution is 6.13. The molecule has 9 heteroatoms. The molecule has 2 aromatic carbocycles. The molecule has 0 radical (unpaired) electrons. The lowest BCUT2D eigenvalue weighted by Gasteiger charge is -2.29. The van der Waals surface area contributed by atoms with Crippen LogP contribution in [0.2, 0.25) is 0 Å². The average Bonchev–Trinajstić information content (AvgIpc) is 3.50. The van der Waals surface area contributed by atoms with E-state index < -0.39 is 0 Å². The highest BCUT2D eigenvalue weighted by Crippen LogP contribution is 2.26. The molecule has 2 fully saturated rings. The molecule has 38 heavy (non-hydrogen) atoms. The fraction of sp³-hybridized carbons (Fsp3) is 0.310. The van der Waals surface area contributed by atoms with Crippen LogP contribution in [0, 0.1) is 12.3 Å². The molecule has 2 aliphatic rings. The summed E-state index contributed by atoms with van der Waals surface area (Å²) in [7, 11) is 0. The van der Waals surface area contributed by atoms with Gasteiger partial charge < -0.3 is 25.2 Å². The largest absolute Gasteiger partial charge is 0.378 e. The number of hydrogen-bond donors (Lipinski definition) is 3. The number of nitrogens with zero attached hydrogens (tertiary/aromatic N) is 3. The molecule has 0 bridgehead atoms. The zero-order valence-corrected chi connectivity index (χ0v) is 21.5. The van der Waals surface area contributed by atoms with Crippen molar-refractivity contribution in [2.45, 2.75) is 19.8 Å². The van der Waals surface area contributed by atoms with E-state index in [1.54, 1.807) is 48.7 Å². The van der Waals surface area contributed by atoms with Crippen molar-refractivity contribution in [3.63, 3.8) is 0 Å². The number of anilines is 3. The average molecular weight is 513 g/mol. The summed E-state index contributed by atoms with van der Waals surface area (Å²) in [5, 5.41) is 14.2. The van der Waals surface area contributed by atoms with Gasteiger partial charge in [-0.05, 0) is 61.7 Å². The zero-order chi connectivity index (χ0) is 26.5. The lowest BCUT2D eigenvalue weighted by molar-refractivity contribution is 0.102. The number of likely N-dealkylation sites (tertiary alicyclic amines) is 1. The molecule has 2 saturated heterocycles. The summed E-state index contributed by atoms with van der Waals surface area (Å²) in [6.45, 7) is 6.42. The molecule has 0 saturated carbocycles. The van der Waals surface area contributed by atoms with Gasteiger partial charge in [-0.25, -0.2) is 4.98 Å². The molecule has 0 aliphatic carbocycles. The molecule has 2 aliphatic heterocycles. The fourth-order valence-electron chi connectivity index (χ4n) is 4.67. The molecule has 1 aromatic heterocycles. The maximum atomic E-state index is 13.3. The monoisotopic (exact) mass is 512 g/mol. The van der Waals surface area contributed by atoms with Crippen molar-refractivity contribution in [1.82, 2.24) is 9.88 Å². The Balaban J connectivity index is 1.36. The van der Waals surface area contributed by atoms with Crippen LogP contribution in [0.25, 0.3) is 0 Å². The highest BCUT2D eigenvalue weighted by Gasteiger charge is 2.20. The Hall–Kier alpha value is -4.24. The number of amides is 2. The van der Waals surface area contributed by atoms with Crippen molar-refractivity contribution in [1.29, 1.82) is 5.41 Å². The molecular weight excluding hydrogens is 480 g/mol. The standard InChI is InChI=1S/C29H32N6O3/c1-20-4-11-26(31-19-20)33-29(37)24-18-23(34-14-16-38-17-15-34)9-10-25(24)32-28(36)22-7-5-21(6-8-22)27(30)35-12-2-3-13-35/h4-11,18-19,30H,2-3,12-17H2,1H3,(H,32,36)(H,31,33,37).